The molecule has 0 bridgehead atoms. The summed E-state index contributed by atoms with van der Waals surface area (Å²) in [5.74, 6) is -0.328. The highest BCUT2D eigenvalue weighted by Gasteiger charge is 2.25. The zero-order chi connectivity index (χ0) is 18.4. The fourth-order valence-corrected chi connectivity index (χ4v) is 2.91. The van der Waals surface area contributed by atoms with Gasteiger partial charge in [-0.05, 0) is 31.0 Å². The molecule has 2 amide bonds. The summed E-state index contributed by atoms with van der Waals surface area (Å²) in [5.41, 5.74) is 2.86. The summed E-state index contributed by atoms with van der Waals surface area (Å²) in [7, 11) is 1.57. The van der Waals surface area contributed by atoms with Crippen molar-refractivity contribution in [2.75, 3.05) is 7.05 Å². The second-order valence-electron chi connectivity index (χ2n) is 6.07. The number of rotatable bonds is 6. The third-order valence-electron chi connectivity index (χ3n) is 4.15. The van der Waals surface area contributed by atoms with Gasteiger partial charge in [-0.1, -0.05) is 59.6 Å². The molecule has 0 aliphatic heterocycles. The van der Waals surface area contributed by atoms with E-state index in [1.165, 1.54) is 0 Å². The number of amides is 2. The molecule has 2 aromatic carbocycles. The molecule has 0 radical (unpaired) electrons. The van der Waals surface area contributed by atoms with Gasteiger partial charge in [-0.3, -0.25) is 9.59 Å². The van der Waals surface area contributed by atoms with Gasteiger partial charge < -0.3 is 10.2 Å². The van der Waals surface area contributed by atoms with Crippen LogP contribution in [0, 0.1) is 6.92 Å². The molecule has 2 aromatic rings. The van der Waals surface area contributed by atoms with Crippen LogP contribution in [0.5, 0.6) is 0 Å². The van der Waals surface area contributed by atoms with Crippen molar-refractivity contribution >= 4 is 23.4 Å². The van der Waals surface area contributed by atoms with Gasteiger partial charge in [-0.25, -0.2) is 0 Å². The number of carbonyl (C=O) groups is 2. The number of aryl methyl sites for hydroxylation is 1. The minimum atomic E-state index is -0.569. The van der Waals surface area contributed by atoms with Gasteiger partial charge >= 0.3 is 0 Å². The fourth-order valence-electron chi connectivity index (χ4n) is 2.70. The van der Waals surface area contributed by atoms with Gasteiger partial charge in [-0.2, -0.15) is 0 Å². The molecule has 0 heterocycles. The molecule has 25 heavy (non-hydrogen) atoms. The number of halogens is 1. The predicted octanol–water partition coefficient (Wildman–Crippen LogP) is 3.35. The van der Waals surface area contributed by atoms with Crippen molar-refractivity contribution in [3.8, 4) is 0 Å². The molecule has 132 valence electrons. The Balaban J connectivity index is 2.25. The lowest BCUT2D eigenvalue weighted by atomic mass is 10.1. The summed E-state index contributed by atoms with van der Waals surface area (Å²) in [6.07, 6.45) is 0.160. The Hall–Kier alpha value is -2.33. The van der Waals surface area contributed by atoms with Gasteiger partial charge in [0.25, 0.3) is 0 Å². The first-order valence-corrected chi connectivity index (χ1v) is 8.60. The molecule has 2 rings (SSSR count). The van der Waals surface area contributed by atoms with E-state index in [1.54, 1.807) is 24.9 Å². The zero-order valence-electron chi connectivity index (χ0n) is 14.8. The lowest BCUT2D eigenvalue weighted by Gasteiger charge is -2.28. The molecule has 0 aliphatic carbocycles. The summed E-state index contributed by atoms with van der Waals surface area (Å²) in [5, 5.41) is 3.17. The van der Waals surface area contributed by atoms with Crippen molar-refractivity contribution in [2.24, 2.45) is 0 Å². The number of hydrogen-bond acceptors (Lipinski definition) is 2. The number of nitrogens with one attached hydrogen (secondary N) is 1. The average Bonchev–Trinajstić information content (AvgIpc) is 2.60. The molecule has 1 N–H and O–H groups in total. The van der Waals surface area contributed by atoms with Crippen LogP contribution < -0.4 is 5.32 Å². The standard InChI is InChI=1S/C20H23ClN2O2/c1-14-7-6-8-16(11-14)13-23(15(2)20(25)22-3)19(24)12-17-9-4-5-10-18(17)21/h4-11,15H,12-13H2,1-3H3,(H,22,25). The van der Waals surface area contributed by atoms with Crippen LogP contribution in [-0.2, 0) is 22.6 Å². The highest BCUT2D eigenvalue weighted by atomic mass is 35.5. The largest absolute Gasteiger partial charge is 0.357 e. The van der Waals surface area contributed by atoms with Crippen molar-refractivity contribution < 1.29 is 9.59 Å². The third-order valence-corrected chi connectivity index (χ3v) is 4.52. The topological polar surface area (TPSA) is 49.4 Å². The predicted molar refractivity (Wildman–Crippen MR) is 100 cm³/mol. The Morgan fingerprint density at radius 2 is 1.88 bits per heavy atom. The van der Waals surface area contributed by atoms with E-state index in [1.807, 2.05) is 49.4 Å². The minimum Gasteiger partial charge on any atom is -0.357 e. The van der Waals surface area contributed by atoms with Crippen LogP contribution in [0.4, 0.5) is 0 Å². The molecule has 0 saturated carbocycles. The van der Waals surface area contributed by atoms with Crippen LogP contribution in [0.2, 0.25) is 5.02 Å². The molecule has 0 fully saturated rings. The molecule has 0 aromatic heterocycles. The van der Waals surface area contributed by atoms with Crippen molar-refractivity contribution in [1.82, 2.24) is 10.2 Å². The Kier molecular flexibility index (Phi) is 6.59. The number of nitrogens with zero attached hydrogens (tertiary/aromatic N) is 1. The van der Waals surface area contributed by atoms with E-state index < -0.39 is 6.04 Å². The minimum absolute atomic E-state index is 0.134. The van der Waals surface area contributed by atoms with Crippen LogP contribution in [0.1, 0.15) is 23.6 Å². The Labute approximate surface area is 153 Å². The number of likely N-dealkylation sites (N-methyl/N-ethyl adjacent to an activating group) is 1. The van der Waals surface area contributed by atoms with Gasteiger partial charge in [-0.15, -0.1) is 0 Å². The van der Waals surface area contributed by atoms with Crippen molar-refractivity contribution in [2.45, 2.75) is 32.9 Å². The second kappa shape index (κ2) is 8.67. The molecule has 4 nitrogen and oxygen atoms in total. The smallest absolute Gasteiger partial charge is 0.242 e. The molecule has 5 heteroatoms. The van der Waals surface area contributed by atoms with E-state index in [2.05, 4.69) is 5.32 Å². The first kappa shape index (κ1) is 19.0. The van der Waals surface area contributed by atoms with Crippen LogP contribution in [0.15, 0.2) is 48.5 Å². The lowest BCUT2D eigenvalue weighted by molar-refractivity contribution is -0.139. The van der Waals surface area contributed by atoms with Crippen LogP contribution in [-0.4, -0.2) is 29.8 Å². The van der Waals surface area contributed by atoms with Crippen LogP contribution in [0.25, 0.3) is 0 Å². The van der Waals surface area contributed by atoms with Gasteiger partial charge in [0.05, 0.1) is 6.42 Å². The summed E-state index contributed by atoms with van der Waals surface area (Å²) in [4.78, 5) is 26.6. The first-order valence-electron chi connectivity index (χ1n) is 8.22. The van der Waals surface area contributed by atoms with Crippen molar-refractivity contribution in [3.63, 3.8) is 0 Å². The van der Waals surface area contributed by atoms with Gasteiger partial charge in [0.15, 0.2) is 0 Å². The van der Waals surface area contributed by atoms with E-state index in [-0.39, 0.29) is 18.2 Å². The quantitative estimate of drug-likeness (QED) is 0.860. The van der Waals surface area contributed by atoms with E-state index in [4.69, 9.17) is 11.6 Å². The van der Waals surface area contributed by atoms with Gasteiger partial charge in [0.1, 0.15) is 6.04 Å². The van der Waals surface area contributed by atoms with Crippen LogP contribution in [0.3, 0.4) is 0 Å². The summed E-state index contributed by atoms with van der Waals surface area (Å²) in [6, 6.07) is 14.6. The molecule has 1 unspecified atom stereocenters. The first-order chi connectivity index (χ1) is 11.9. The van der Waals surface area contributed by atoms with E-state index in [9.17, 15) is 9.59 Å². The SMILES string of the molecule is CNC(=O)C(C)N(Cc1cccc(C)c1)C(=O)Cc1ccccc1Cl. The maximum Gasteiger partial charge on any atom is 0.242 e. The number of benzene rings is 2. The molecule has 0 spiro atoms. The maximum atomic E-state index is 12.9. The third kappa shape index (κ3) is 5.07. The molecular weight excluding hydrogens is 336 g/mol. The van der Waals surface area contributed by atoms with Gasteiger partial charge in [0, 0.05) is 18.6 Å². The number of carbonyl (C=O) groups excluding carboxylic acids is 2. The molecular formula is C20H23ClN2O2. The average molecular weight is 359 g/mol. The van der Waals surface area contributed by atoms with E-state index in [0.717, 1.165) is 16.7 Å². The van der Waals surface area contributed by atoms with E-state index in [0.29, 0.717) is 11.6 Å². The Morgan fingerprint density at radius 1 is 1.16 bits per heavy atom. The zero-order valence-corrected chi connectivity index (χ0v) is 15.5. The van der Waals surface area contributed by atoms with Gasteiger partial charge in [0.2, 0.25) is 11.8 Å². The highest BCUT2D eigenvalue weighted by Crippen LogP contribution is 2.18. The molecule has 0 saturated heterocycles. The molecule has 0 aliphatic rings. The summed E-state index contributed by atoms with van der Waals surface area (Å²) >= 11 is 6.17. The second-order valence-corrected chi connectivity index (χ2v) is 6.48. The van der Waals surface area contributed by atoms with Crippen molar-refractivity contribution in [1.29, 1.82) is 0 Å². The fraction of sp³-hybridized carbons (Fsp3) is 0.300. The normalized spacial score (nSPS) is 11.7. The number of hydrogen-bond donors (Lipinski definition) is 1. The van der Waals surface area contributed by atoms with E-state index >= 15 is 0 Å². The summed E-state index contributed by atoms with van der Waals surface area (Å²) in [6.45, 7) is 4.11. The maximum absolute atomic E-state index is 12.9. The Morgan fingerprint density at radius 3 is 2.52 bits per heavy atom. The van der Waals surface area contributed by atoms with Crippen LogP contribution >= 0.6 is 11.6 Å². The molecule has 1 atom stereocenters. The monoisotopic (exact) mass is 358 g/mol. The Bertz CT molecular complexity index is 761. The summed E-state index contributed by atoms with van der Waals surface area (Å²) < 4.78 is 0. The lowest BCUT2D eigenvalue weighted by Crippen LogP contribution is -2.47. The highest BCUT2D eigenvalue weighted by molar-refractivity contribution is 6.31. The van der Waals surface area contributed by atoms with Crippen molar-refractivity contribution in [3.05, 3.63) is 70.2 Å².